The molecule has 0 aromatic heterocycles. The van der Waals surface area contributed by atoms with Gasteiger partial charge in [-0.25, -0.2) is 9.18 Å². The zero-order chi connectivity index (χ0) is 14.7. The molecule has 0 N–H and O–H groups in total. The molecule has 0 bridgehead atoms. The number of likely N-dealkylation sites (tertiary alicyclic amines) is 1. The maximum atomic E-state index is 14.0. The summed E-state index contributed by atoms with van der Waals surface area (Å²) < 4.78 is 19.2. The lowest BCUT2D eigenvalue weighted by atomic mass is 10.1. The molecule has 1 fully saturated rings. The molecule has 0 aliphatic carbocycles. The number of esters is 1. The van der Waals surface area contributed by atoms with Gasteiger partial charge in [-0.05, 0) is 47.8 Å². The third kappa shape index (κ3) is 2.85. The smallest absolute Gasteiger partial charge is 0.328 e. The Morgan fingerprint density at radius 3 is 2.95 bits per heavy atom. The van der Waals surface area contributed by atoms with Gasteiger partial charge in [0, 0.05) is 6.54 Å². The summed E-state index contributed by atoms with van der Waals surface area (Å²) in [7, 11) is 0. The standard InChI is InChI=1S/C14H15BrFNO3/c1-2-20-14(19)11-7-4-8-17(11)13(18)9-5-3-6-10(15)12(9)16/h3,5-6,11H,2,4,7-8H2,1H3. The molecule has 1 aliphatic heterocycles. The minimum Gasteiger partial charge on any atom is -0.464 e. The van der Waals surface area contributed by atoms with Crippen LogP contribution in [0.5, 0.6) is 0 Å². The molecule has 0 radical (unpaired) electrons. The fraction of sp³-hybridized carbons (Fsp3) is 0.429. The maximum absolute atomic E-state index is 14.0. The quantitative estimate of drug-likeness (QED) is 0.793. The van der Waals surface area contributed by atoms with Crippen molar-refractivity contribution in [3.05, 3.63) is 34.1 Å². The lowest BCUT2D eigenvalue weighted by molar-refractivity contribution is -0.147. The van der Waals surface area contributed by atoms with Crippen LogP contribution in [0.15, 0.2) is 22.7 Å². The maximum Gasteiger partial charge on any atom is 0.328 e. The predicted molar refractivity (Wildman–Crippen MR) is 74.8 cm³/mol. The van der Waals surface area contributed by atoms with E-state index in [2.05, 4.69) is 15.9 Å². The van der Waals surface area contributed by atoms with Gasteiger partial charge in [0.05, 0.1) is 16.6 Å². The van der Waals surface area contributed by atoms with Crippen molar-refractivity contribution in [3.63, 3.8) is 0 Å². The van der Waals surface area contributed by atoms with Crippen LogP contribution in [0.25, 0.3) is 0 Å². The summed E-state index contributed by atoms with van der Waals surface area (Å²) in [5.41, 5.74) is -0.0319. The van der Waals surface area contributed by atoms with Crippen molar-refractivity contribution in [1.82, 2.24) is 4.90 Å². The second-order valence-corrected chi connectivity index (χ2v) is 5.36. The van der Waals surface area contributed by atoms with Gasteiger partial charge >= 0.3 is 5.97 Å². The zero-order valence-electron chi connectivity index (χ0n) is 11.1. The topological polar surface area (TPSA) is 46.6 Å². The van der Waals surface area contributed by atoms with E-state index >= 15 is 0 Å². The number of amides is 1. The number of ether oxygens (including phenoxy) is 1. The van der Waals surface area contributed by atoms with Crippen molar-refractivity contribution < 1.29 is 18.7 Å². The number of hydrogen-bond donors (Lipinski definition) is 0. The van der Waals surface area contributed by atoms with Crippen LogP contribution in [0.2, 0.25) is 0 Å². The molecule has 6 heteroatoms. The van der Waals surface area contributed by atoms with Crippen molar-refractivity contribution in [2.45, 2.75) is 25.8 Å². The Balaban J connectivity index is 2.23. The summed E-state index contributed by atoms with van der Waals surface area (Å²) in [5, 5.41) is 0. The number of carbonyl (C=O) groups is 2. The van der Waals surface area contributed by atoms with Crippen LogP contribution in [0.3, 0.4) is 0 Å². The Labute approximate surface area is 125 Å². The molecular formula is C14H15BrFNO3. The molecule has 1 aliphatic rings. The second-order valence-electron chi connectivity index (χ2n) is 4.51. The van der Waals surface area contributed by atoms with E-state index in [0.717, 1.165) is 0 Å². The van der Waals surface area contributed by atoms with E-state index in [9.17, 15) is 14.0 Å². The van der Waals surface area contributed by atoms with Crippen molar-refractivity contribution in [3.8, 4) is 0 Å². The molecule has 1 atom stereocenters. The number of carbonyl (C=O) groups excluding carboxylic acids is 2. The summed E-state index contributed by atoms with van der Waals surface area (Å²) >= 11 is 3.05. The van der Waals surface area contributed by atoms with E-state index < -0.39 is 23.7 Å². The van der Waals surface area contributed by atoms with Gasteiger partial charge in [0.2, 0.25) is 0 Å². The average Bonchev–Trinajstić information content (AvgIpc) is 2.91. The Kier molecular flexibility index (Phi) is 4.75. The predicted octanol–water partition coefficient (Wildman–Crippen LogP) is 2.76. The normalized spacial score (nSPS) is 18.1. The minimum atomic E-state index is -0.610. The SMILES string of the molecule is CCOC(=O)C1CCCN1C(=O)c1cccc(Br)c1F. The van der Waals surface area contributed by atoms with Gasteiger partial charge in [-0.2, -0.15) is 0 Å². The summed E-state index contributed by atoms with van der Waals surface area (Å²) in [6.45, 7) is 2.42. The highest BCUT2D eigenvalue weighted by Crippen LogP contribution is 2.25. The highest BCUT2D eigenvalue weighted by atomic mass is 79.9. The van der Waals surface area contributed by atoms with Crippen LogP contribution >= 0.6 is 15.9 Å². The number of rotatable bonds is 3. The van der Waals surface area contributed by atoms with Crippen molar-refractivity contribution in [1.29, 1.82) is 0 Å². The minimum absolute atomic E-state index is 0.0319. The molecule has 1 heterocycles. The van der Waals surface area contributed by atoms with E-state index in [1.807, 2.05) is 0 Å². The fourth-order valence-corrected chi connectivity index (χ4v) is 2.68. The first-order chi connectivity index (χ1) is 9.56. The largest absolute Gasteiger partial charge is 0.464 e. The Bertz CT molecular complexity index is 535. The number of hydrogen-bond acceptors (Lipinski definition) is 3. The molecule has 0 spiro atoms. The summed E-state index contributed by atoms with van der Waals surface area (Å²) in [6, 6.07) is 3.93. The molecule has 4 nitrogen and oxygen atoms in total. The van der Waals surface area contributed by atoms with Crippen LogP contribution in [0.1, 0.15) is 30.1 Å². The number of halogens is 2. The third-order valence-corrected chi connectivity index (χ3v) is 3.87. The second kappa shape index (κ2) is 6.35. The van der Waals surface area contributed by atoms with E-state index in [0.29, 0.717) is 19.4 Å². The first-order valence-corrected chi connectivity index (χ1v) is 7.27. The monoisotopic (exact) mass is 343 g/mol. The van der Waals surface area contributed by atoms with Gasteiger partial charge < -0.3 is 9.64 Å². The van der Waals surface area contributed by atoms with E-state index in [-0.39, 0.29) is 16.6 Å². The number of benzene rings is 1. The molecule has 108 valence electrons. The van der Waals surface area contributed by atoms with Crippen molar-refractivity contribution in [2.24, 2.45) is 0 Å². The first-order valence-electron chi connectivity index (χ1n) is 6.48. The van der Waals surface area contributed by atoms with Gasteiger partial charge in [-0.1, -0.05) is 6.07 Å². The van der Waals surface area contributed by atoms with Crippen LogP contribution in [0, 0.1) is 5.82 Å². The van der Waals surface area contributed by atoms with Gasteiger partial charge in [0.25, 0.3) is 5.91 Å². The Morgan fingerprint density at radius 1 is 1.50 bits per heavy atom. The molecule has 1 unspecified atom stereocenters. The first kappa shape index (κ1) is 15.0. The molecule has 2 rings (SSSR count). The zero-order valence-corrected chi connectivity index (χ0v) is 12.7. The van der Waals surface area contributed by atoms with Crippen LogP contribution in [-0.2, 0) is 9.53 Å². The third-order valence-electron chi connectivity index (χ3n) is 3.25. The number of nitrogens with zero attached hydrogens (tertiary/aromatic N) is 1. The summed E-state index contributed by atoms with van der Waals surface area (Å²) in [5.74, 6) is -1.50. The van der Waals surface area contributed by atoms with Gasteiger partial charge in [0.15, 0.2) is 0 Å². The highest BCUT2D eigenvalue weighted by Gasteiger charge is 2.36. The van der Waals surface area contributed by atoms with E-state index in [1.165, 1.54) is 17.0 Å². The van der Waals surface area contributed by atoms with E-state index in [1.54, 1.807) is 13.0 Å². The molecule has 1 aromatic carbocycles. The van der Waals surface area contributed by atoms with Crippen LogP contribution in [0.4, 0.5) is 4.39 Å². The summed E-state index contributed by atoms with van der Waals surface area (Å²) in [6.07, 6.45) is 1.27. The van der Waals surface area contributed by atoms with Crippen LogP contribution in [-0.4, -0.2) is 36.0 Å². The Morgan fingerprint density at radius 2 is 2.25 bits per heavy atom. The highest BCUT2D eigenvalue weighted by molar-refractivity contribution is 9.10. The summed E-state index contributed by atoms with van der Waals surface area (Å²) in [4.78, 5) is 25.6. The van der Waals surface area contributed by atoms with Crippen molar-refractivity contribution in [2.75, 3.05) is 13.2 Å². The molecular weight excluding hydrogens is 329 g/mol. The molecule has 1 amide bonds. The Hall–Kier alpha value is -1.43. The van der Waals surface area contributed by atoms with Crippen LogP contribution < -0.4 is 0 Å². The molecule has 1 aromatic rings. The molecule has 20 heavy (non-hydrogen) atoms. The average molecular weight is 344 g/mol. The van der Waals surface area contributed by atoms with Gasteiger partial charge in [-0.3, -0.25) is 4.79 Å². The van der Waals surface area contributed by atoms with Gasteiger partial charge in [0.1, 0.15) is 11.9 Å². The van der Waals surface area contributed by atoms with E-state index in [4.69, 9.17) is 4.74 Å². The van der Waals surface area contributed by atoms with Crippen molar-refractivity contribution >= 4 is 27.8 Å². The lowest BCUT2D eigenvalue weighted by Gasteiger charge is -2.23. The molecule has 0 saturated carbocycles. The fourth-order valence-electron chi connectivity index (χ4n) is 2.32. The van der Waals surface area contributed by atoms with Gasteiger partial charge in [-0.15, -0.1) is 0 Å². The lowest BCUT2D eigenvalue weighted by Crippen LogP contribution is -2.41. The molecule has 1 saturated heterocycles.